The fourth-order valence-corrected chi connectivity index (χ4v) is 4.42. The van der Waals surface area contributed by atoms with Crippen LogP contribution in [0.15, 0.2) is 72.3 Å². The quantitative estimate of drug-likeness (QED) is 0.186. The fraction of sp³-hybridized carbons (Fsp3) is 0.387. The van der Waals surface area contributed by atoms with Gasteiger partial charge in [-0.2, -0.15) is 0 Å². The topological polar surface area (TPSA) is 33.5 Å². The van der Waals surface area contributed by atoms with Crippen molar-refractivity contribution >= 4 is 11.8 Å². The maximum atomic E-state index is 13.7. The van der Waals surface area contributed by atoms with Crippen LogP contribution in [0.1, 0.15) is 58.7 Å². The Morgan fingerprint density at radius 3 is 2.43 bits per heavy atom. The van der Waals surface area contributed by atoms with Crippen molar-refractivity contribution in [3.63, 3.8) is 0 Å². The first-order valence-electron chi connectivity index (χ1n) is 13.2. The third-order valence-electron chi connectivity index (χ3n) is 6.05. The van der Waals surface area contributed by atoms with E-state index >= 15 is 0 Å². The highest BCUT2D eigenvalue weighted by Gasteiger charge is 2.21. The molecule has 0 saturated heterocycles. The van der Waals surface area contributed by atoms with E-state index in [9.17, 15) is 4.39 Å². The molecule has 0 atom stereocenters. The Hall–Kier alpha value is -3.54. The number of hydrazine groups is 1. The zero-order valence-corrected chi connectivity index (χ0v) is 23.3. The normalized spacial score (nSPS) is 12.2. The second-order valence-electron chi connectivity index (χ2n) is 9.75. The summed E-state index contributed by atoms with van der Waals surface area (Å²) in [4.78, 5) is 4.34. The Balaban J connectivity index is 2.02. The molecule has 3 rings (SSSR count). The van der Waals surface area contributed by atoms with Crippen molar-refractivity contribution < 1.29 is 9.13 Å². The summed E-state index contributed by atoms with van der Waals surface area (Å²) in [7, 11) is 1.70. The average molecular weight is 505 g/mol. The number of aromatic nitrogens is 2. The molecule has 0 amide bonds. The molecule has 0 bridgehead atoms. The summed E-state index contributed by atoms with van der Waals surface area (Å²) in [5.74, 6) is 0.997. The summed E-state index contributed by atoms with van der Waals surface area (Å²) < 4.78 is 21.5. The number of nitrogens with zero attached hydrogens (tertiary/aromatic N) is 4. The number of imidazole rings is 1. The minimum atomic E-state index is -0.223. The summed E-state index contributed by atoms with van der Waals surface area (Å²) in [6, 6.07) is 13.0. The molecule has 0 aliphatic heterocycles. The van der Waals surface area contributed by atoms with E-state index in [1.54, 1.807) is 13.4 Å². The van der Waals surface area contributed by atoms with Crippen LogP contribution >= 0.6 is 0 Å². The Kier molecular flexibility index (Phi) is 9.95. The number of benzene rings is 2. The molecular formula is C31H41FN4O. The molecule has 37 heavy (non-hydrogen) atoms. The third-order valence-corrected chi connectivity index (χ3v) is 6.05. The molecule has 198 valence electrons. The van der Waals surface area contributed by atoms with E-state index in [0.29, 0.717) is 5.92 Å². The number of halogens is 1. The van der Waals surface area contributed by atoms with Crippen molar-refractivity contribution in [2.45, 2.75) is 54.4 Å². The lowest BCUT2D eigenvalue weighted by molar-refractivity contribution is 0.303. The molecule has 6 heteroatoms. The van der Waals surface area contributed by atoms with Gasteiger partial charge in [0, 0.05) is 19.3 Å². The molecule has 0 fully saturated rings. The predicted molar refractivity (Wildman–Crippen MR) is 152 cm³/mol. The van der Waals surface area contributed by atoms with Crippen LogP contribution in [0.5, 0.6) is 5.75 Å². The van der Waals surface area contributed by atoms with E-state index < -0.39 is 0 Å². The van der Waals surface area contributed by atoms with Crippen LogP contribution in [0.25, 0.3) is 11.8 Å². The molecule has 0 aliphatic carbocycles. The van der Waals surface area contributed by atoms with Crippen LogP contribution in [0.2, 0.25) is 0 Å². The number of ether oxygens (including phenoxy) is 1. The minimum Gasteiger partial charge on any atom is -0.495 e. The molecule has 0 N–H and O–H groups in total. The largest absolute Gasteiger partial charge is 0.495 e. The summed E-state index contributed by atoms with van der Waals surface area (Å²) in [6.45, 7) is 14.6. The molecule has 0 aliphatic rings. The van der Waals surface area contributed by atoms with Gasteiger partial charge in [-0.05, 0) is 86.2 Å². The molecule has 1 heterocycles. The number of hydrogen-bond acceptors (Lipinski definition) is 4. The van der Waals surface area contributed by atoms with Crippen molar-refractivity contribution in [1.82, 2.24) is 14.6 Å². The van der Waals surface area contributed by atoms with Gasteiger partial charge in [0.15, 0.2) is 0 Å². The van der Waals surface area contributed by atoms with Crippen LogP contribution in [-0.4, -0.2) is 34.8 Å². The number of methoxy groups -OCH3 is 1. The Bertz CT molecular complexity index is 1210. The highest BCUT2D eigenvalue weighted by molar-refractivity contribution is 5.63. The van der Waals surface area contributed by atoms with Crippen LogP contribution in [0.3, 0.4) is 0 Å². The molecular weight excluding hydrogens is 463 g/mol. The zero-order valence-electron chi connectivity index (χ0n) is 23.3. The second kappa shape index (κ2) is 13.1. The van der Waals surface area contributed by atoms with Gasteiger partial charge in [-0.3, -0.25) is 10.0 Å². The SMILES string of the molecule is CCC=C(C(C)=Cc1ccc(-n2cnc(C)c2)c(OC)c1)N(CCC)N(CC(C)C)c1ccc(F)cc1. The molecule has 1 aromatic heterocycles. The fourth-order valence-electron chi connectivity index (χ4n) is 4.42. The van der Waals surface area contributed by atoms with E-state index in [1.807, 2.05) is 29.8 Å². The molecule has 0 saturated carbocycles. The summed E-state index contributed by atoms with van der Waals surface area (Å²) in [5, 5.41) is 4.64. The number of rotatable bonds is 12. The molecule has 0 unspecified atom stereocenters. The van der Waals surface area contributed by atoms with Crippen LogP contribution in [-0.2, 0) is 0 Å². The van der Waals surface area contributed by atoms with Crippen LogP contribution in [0, 0.1) is 18.7 Å². The van der Waals surface area contributed by atoms with Gasteiger partial charge in [0.05, 0.1) is 36.2 Å². The van der Waals surface area contributed by atoms with Crippen molar-refractivity contribution in [1.29, 1.82) is 0 Å². The standard InChI is InChI=1S/C31H41FN4O/c1-8-10-29(35(17-9-2)36(20-23(3)4)28-14-12-27(32)13-15-28)24(5)18-26-11-16-30(31(19-26)37-7)34-21-25(6)33-22-34/h10-16,18-19,21-23H,8-9,17,20H2,1-7H3. The van der Waals surface area contributed by atoms with Gasteiger partial charge in [0.1, 0.15) is 11.6 Å². The lowest BCUT2D eigenvalue weighted by atomic mass is 10.1. The van der Waals surface area contributed by atoms with E-state index in [1.165, 1.54) is 12.1 Å². The number of aryl methyl sites for hydroxylation is 1. The lowest BCUT2D eigenvalue weighted by Crippen LogP contribution is -2.45. The first-order chi connectivity index (χ1) is 17.8. The highest BCUT2D eigenvalue weighted by atomic mass is 19.1. The van der Waals surface area contributed by atoms with Gasteiger partial charge in [-0.25, -0.2) is 9.37 Å². The van der Waals surface area contributed by atoms with Gasteiger partial charge >= 0.3 is 0 Å². The third kappa shape index (κ3) is 7.25. The zero-order chi connectivity index (χ0) is 26.9. The summed E-state index contributed by atoms with van der Waals surface area (Å²) >= 11 is 0. The van der Waals surface area contributed by atoms with Crippen LogP contribution in [0.4, 0.5) is 10.1 Å². The first-order valence-corrected chi connectivity index (χ1v) is 13.2. The molecule has 0 radical (unpaired) electrons. The Morgan fingerprint density at radius 2 is 1.86 bits per heavy atom. The monoisotopic (exact) mass is 504 g/mol. The predicted octanol–water partition coefficient (Wildman–Crippen LogP) is 7.82. The van der Waals surface area contributed by atoms with Crippen molar-refractivity contribution in [2.75, 3.05) is 25.2 Å². The van der Waals surface area contributed by atoms with Gasteiger partial charge in [0.2, 0.25) is 0 Å². The lowest BCUT2D eigenvalue weighted by Gasteiger charge is -2.41. The molecule has 2 aromatic carbocycles. The van der Waals surface area contributed by atoms with E-state index in [2.05, 4.69) is 80.0 Å². The van der Waals surface area contributed by atoms with Gasteiger partial charge < -0.3 is 9.30 Å². The van der Waals surface area contributed by atoms with E-state index in [4.69, 9.17) is 4.74 Å². The van der Waals surface area contributed by atoms with Gasteiger partial charge in [-0.1, -0.05) is 39.8 Å². The summed E-state index contributed by atoms with van der Waals surface area (Å²) in [6.07, 6.45) is 10.2. The maximum Gasteiger partial charge on any atom is 0.143 e. The van der Waals surface area contributed by atoms with Crippen molar-refractivity contribution in [3.05, 3.63) is 89.4 Å². The second-order valence-corrected chi connectivity index (χ2v) is 9.75. The Labute approximate surface area is 221 Å². The minimum absolute atomic E-state index is 0.223. The molecule has 5 nitrogen and oxygen atoms in total. The molecule has 0 spiro atoms. The highest BCUT2D eigenvalue weighted by Crippen LogP contribution is 2.29. The van der Waals surface area contributed by atoms with Crippen molar-refractivity contribution in [2.24, 2.45) is 5.92 Å². The van der Waals surface area contributed by atoms with Gasteiger partial charge in [0.25, 0.3) is 0 Å². The number of hydrogen-bond donors (Lipinski definition) is 0. The number of allylic oxidation sites excluding steroid dienone is 2. The smallest absolute Gasteiger partial charge is 0.143 e. The first kappa shape index (κ1) is 28.0. The average Bonchev–Trinajstić information content (AvgIpc) is 3.31. The van der Waals surface area contributed by atoms with Gasteiger partial charge in [-0.15, -0.1) is 0 Å². The summed E-state index contributed by atoms with van der Waals surface area (Å²) in [5.41, 5.74) is 6.27. The van der Waals surface area contributed by atoms with Crippen molar-refractivity contribution in [3.8, 4) is 11.4 Å². The molecule has 3 aromatic rings. The maximum absolute atomic E-state index is 13.7. The number of anilines is 1. The van der Waals surface area contributed by atoms with E-state index in [0.717, 1.165) is 65.6 Å². The van der Waals surface area contributed by atoms with E-state index in [-0.39, 0.29) is 5.82 Å². The van der Waals surface area contributed by atoms with Crippen LogP contribution < -0.4 is 9.75 Å². The Morgan fingerprint density at radius 1 is 1.14 bits per heavy atom.